The summed E-state index contributed by atoms with van der Waals surface area (Å²) in [6.45, 7) is 1.74. The number of nitrogens with zero attached hydrogens (tertiary/aromatic N) is 1. The minimum absolute atomic E-state index is 0.661. The maximum Gasteiger partial charge on any atom is 0.122 e. The van der Waals surface area contributed by atoms with E-state index in [0.29, 0.717) is 10.8 Å². The van der Waals surface area contributed by atoms with Gasteiger partial charge in [0.1, 0.15) is 5.75 Å². The summed E-state index contributed by atoms with van der Waals surface area (Å²) in [4.78, 5) is 0. The van der Waals surface area contributed by atoms with Gasteiger partial charge in [0.15, 0.2) is 0 Å². The lowest BCUT2D eigenvalue weighted by atomic mass is 10.1. The lowest BCUT2D eigenvalue weighted by Crippen LogP contribution is -2.17. The number of hydrogen-bond donors (Lipinski definition) is 0. The molecule has 1 aromatic rings. The third-order valence-corrected chi connectivity index (χ3v) is 4.47. The number of ether oxygens (including phenoxy) is 2. The van der Waals surface area contributed by atoms with Crippen molar-refractivity contribution in [3.63, 3.8) is 0 Å². The Hall–Kier alpha value is -1.18. The zero-order chi connectivity index (χ0) is 12.8. The van der Waals surface area contributed by atoms with Gasteiger partial charge in [0.2, 0.25) is 0 Å². The van der Waals surface area contributed by atoms with Crippen LogP contribution in [0.1, 0.15) is 24.0 Å². The van der Waals surface area contributed by atoms with Gasteiger partial charge in [-0.3, -0.25) is 0 Å². The summed E-state index contributed by atoms with van der Waals surface area (Å²) in [5, 5.41) is 9.59. The Morgan fingerprint density at radius 2 is 2.22 bits per heavy atom. The molecule has 1 aromatic carbocycles. The fourth-order valence-electron chi connectivity index (χ4n) is 2.01. The molecule has 0 atom stereocenters. The standard InChI is InChI=1S/C14H17NO2S/c1-16-14-3-2-11(9-15)8-12(14)10-18-13-4-6-17-7-5-13/h2-3,8,13H,4-7,10H2,1H3. The van der Waals surface area contributed by atoms with Crippen LogP contribution >= 0.6 is 11.8 Å². The van der Waals surface area contributed by atoms with Crippen LogP contribution < -0.4 is 4.74 Å². The van der Waals surface area contributed by atoms with Crippen molar-refractivity contribution < 1.29 is 9.47 Å². The third kappa shape index (κ3) is 3.41. The summed E-state index contributed by atoms with van der Waals surface area (Å²) < 4.78 is 10.7. The molecule has 0 saturated carbocycles. The van der Waals surface area contributed by atoms with E-state index >= 15 is 0 Å². The van der Waals surface area contributed by atoms with Gasteiger partial charge in [-0.05, 0) is 31.0 Å². The maximum atomic E-state index is 8.93. The zero-order valence-electron chi connectivity index (χ0n) is 10.5. The molecule has 1 heterocycles. The Morgan fingerprint density at radius 3 is 2.89 bits per heavy atom. The predicted octanol–water partition coefficient (Wildman–Crippen LogP) is 2.98. The molecule has 96 valence electrons. The van der Waals surface area contributed by atoms with Crippen LogP contribution in [0.4, 0.5) is 0 Å². The Balaban J connectivity index is 2.00. The number of hydrogen-bond acceptors (Lipinski definition) is 4. The third-order valence-electron chi connectivity index (χ3n) is 3.05. The van der Waals surface area contributed by atoms with Crippen molar-refractivity contribution in [2.45, 2.75) is 23.8 Å². The average molecular weight is 263 g/mol. The van der Waals surface area contributed by atoms with Gasteiger partial charge in [-0.15, -0.1) is 0 Å². The molecule has 18 heavy (non-hydrogen) atoms. The van der Waals surface area contributed by atoms with E-state index in [1.807, 2.05) is 23.9 Å². The molecule has 1 fully saturated rings. The summed E-state index contributed by atoms with van der Waals surface area (Å²) in [7, 11) is 1.67. The topological polar surface area (TPSA) is 42.2 Å². The quantitative estimate of drug-likeness (QED) is 0.837. The van der Waals surface area contributed by atoms with E-state index < -0.39 is 0 Å². The van der Waals surface area contributed by atoms with Crippen molar-refractivity contribution in [2.24, 2.45) is 0 Å². The molecule has 0 aromatic heterocycles. The van der Waals surface area contributed by atoms with Gasteiger partial charge >= 0.3 is 0 Å². The molecule has 1 saturated heterocycles. The van der Waals surface area contributed by atoms with Gasteiger partial charge in [-0.1, -0.05) is 0 Å². The van der Waals surface area contributed by atoms with Crippen LogP contribution in [0.5, 0.6) is 5.75 Å². The highest BCUT2D eigenvalue weighted by molar-refractivity contribution is 7.99. The molecule has 0 aliphatic carbocycles. The molecule has 0 unspecified atom stereocenters. The number of nitriles is 1. The van der Waals surface area contributed by atoms with E-state index in [4.69, 9.17) is 14.7 Å². The van der Waals surface area contributed by atoms with Crippen LogP contribution in [0.3, 0.4) is 0 Å². The van der Waals surface area contributed by atoms with E-state index in [1.54, 1.807) is 13.2 Å². The fraction of sp³-hybridized carbons (Fsp3) is 0.500. The van der Waals surface area contributed by atoms with Gasteiger partial charge in [0, 0.05) is 29.8 Å². The summed E-state index contributed by atoms with van der Waals surface area (Å²) in [5.74, 6) is 1.76. The van der Waals surface area contributed by atoms with Gasteiger partial charge in [0.25, 0.3) is 0 Å². The molecule has 1 aliphatic rings. The molecule has 4 heteroatoms. The molecule has 2 rings (SSSR count). The van der Waals surface area contributed by atoms with Crippen molar-refractivity contribution >= 4 is 11.8 Å². The van der Waals surface area contributed by atoms with Crippen LogP contribution in [-0.2, 0) is 10.5 Å². The number of thioether (sulfide) groups is 1. The summed E-state index contributed by atoms with van der Waals surface area (Å²) in [6.07, 6.45) is 2.23. The van der Waals surface area contributed by atoms with Crippen molar-refractivity contribution in [3.8, 4) is 11.8 Å². The number of methoxy groups -OCH3 is 1. The maximum absolute atomic E-state index is 8.93. The van der Waals surface area contributed by atoms with Crippen molar-refractivity contribution in [1.82, 2.24) is 0 Å². The lowest BCUT2D eigenvalue weighted by Gasteiger charge is -2.21. The smallest absolute Gasteiger partial charge is 0.122 e. The molecular formula is C14H17NO2S. The van der Waals surface area contributed by atoms with E-state index in [-0.39, 0.29) is 0 Å². The monoisotopic (exact) mass is 263 g/mol. The Kier molecular flexibility index (Phi) is 4.91. The molecule has 0 spiro atoms. The lowest BCUT2D eigenvalue weighted by molar-refractivity contribution is 0.1000. The summed E-state index contributed by atoms with van der Waals surface area (Å²) in [5.41, 5.74) is 1.80. The van der Waals surface area contributed by atoms with Crippen molar-refractivity contribution in [1.29, 1.82) is 5.26 Å². The van der Waals surface area contributed by atoms with Crippen molar-refractivity contribution in [3.05, 3.63) is 29.3 Å². The van der Waals surface area contributed by atoms with Crippen LogP contribution in [0, 0.1) is 11.3 Å². The fourth-order valence-corrected chi connectivity index (χ4v) is 3.18. The minimum Gasteiger partial charge on any atom is -0.496 e. The van der Waals surface area contributed by atoms with Crippen LogP contribution in [-0.4, -0.2) is 25.6 Å². The van der Waals surface area contributed by atoms with Crippen LogP contribution in [0.25, 0.3) is 0 Å². The second-order valence-electron chi connectivity index (χ2n) is 4.26. The first-order chi connectivity index (χ1) is 8.83. The second kappa shape index (κ2) is 6.67. The predicted molar refractivity (Wildman–Crippen MR) is 72.8 cm³/mol. The van der Waals surface area contributed by atoms with E-state index in [2.05, 4.69) is 6.07 Å². The minimum atomic E-state index is 0.661. The van der Waals surface area contributed by atoms with Gasteiger partial charge in [-0.2, -0.15) is 17.0 Å². The molecule has 1 aliphatic heterocycles. The Bertz CT molecular complexity index is 436. The molecule has 3 nitrogen and oxygen atoms in total. The first-order valence-electron chi connectivity index (χ1n) is 6.10. The summed E-state index contributed by atoms with van der Waals surface area (Å²) in [6, 6.07) is 7.76. The van der Waals surface area contributed by atoms with Gasteiger partial charge in [0.05, 0.1) is 18.7 Å². The SMILES string of the molecule is COc1ccc(C#N)cc1CSC1CCOCC1. The van der Waals surface area contributed by atoms with E-state index in [9.17, 15) is 0 Å². The Morgan fingerprint density at radius 1 is 1.44 bits per heavy atom. The van der Waals surface area contributed by atoms with Crippen molar-refractivity contribution in [2.75, 3.05) is 20.3 Å². The number of benzene rings is 1. The number of rotatable bonds is 4. The second-order valence-corrected chi connectivity index (χ2v) is 5.55. The highest BCUT2D eigenvalue weighted by Gasteiger charge is 2.15. The molecule has 0 N–H and O–H groups in total. The van der Waals surface area contributed by atoms with Gasteiger partial charge < -0.3 is 9.47 Å². The largest absolute Gasteiger partial charge is 0.496 e. The zero-order valence-corrected chi connectivity index (χ0v) is 11.3. The summed E-state index contributed by atoms with van der Waals surface area (Å²) >= 11 is 1.93. The van der Waals surface area contributed by atoms with E-state index in [0.717, 1.165) is 43.1 Å². The molecule has 0 radical (unpaired) electrons. The van der Waals surface area contributed by atoms with Crippen LogP contribution in [0.15, 0.2) is 18.2 Å². The normalized spacial score (nSPS) is 16.2. The first kappa shape index (κ1) is 13.3. The highest BCUT2D eigenvalue weighted by Crippen LogP contribution is 2.30. The molecule has 0 bridgehead atoms. The molecule has 0 amide bonds. The highest BCUT2D eigenvalue weighted by atomic mass is 32.2. The Labute approximate surface area is 112 Å². The first-order valence-corrected chi connectivity index (χ1v) is 7.14. The van der Waals surface area contributed by atoms with Gasteiger partial charge in [-0.25, -0.2) is 0 Å². The van der Waals surface area contributed by atoms with Crippen LogP contribution in [0.2, 0.25) is 0 Å². The molecular weight excluding hydrogens is 246 g/mol. The average Bonchev–Trinajstić information content (AvgIpc) is 2.45. The van der Waals surface area contributed by atoms with E-state index in [1.165, 1.54) is 0 Å².